The van der Waals surface area contributed by atoms with Crippen LogP contribution in [0.3, 0.4) is 0 Å². The summed E-state index contributed by atoms with van der Waals surface area (Å²) in [6.07, 6.45) is 3.69. The fourth-order valence-electron chi connectivity index (χ4n) is 2.05. The van der Waals surface area contributed by atoms with Gasteiger partial charge in [-0.05, 0) is 96.3 Å². The van der Waals surface area contributed by atoms with E-state index in [1.165, 1.54) is 0 Å². The number of benzene rings is 2. The fraction of sp³-hybridized carbons (Fsp3) is 0. The first-order valence-corrected chi connectivity index (χ1v) is 9.80. The minimum atomic E-state index is 0.949. The maximum Gasteiger partial charge on any atom is 0.0482 e. The average Bonchev–Trinajstić information content (AvgIpc) is 2.50. The monoisotopic (exact) mass is 596 g/mol. The zero-order chi connectivity index (χ0) is 15.7. The van der Waals surface area contributed by atoms with E-state index in [0.717, 1.165) is 44.6 Å². The number of rotatable bonds is 3. The van der Waals surface area contributed by atoms with Crippen LogP contribution in [0.2, 0.25) is 0 Å². The smallest absolute Gasteiger partial charge is 0.0482 e. The van der Waals surface area contributed by atoms with Gasteiger partial charge in [0.1, 0.15) is 0 Å². The molecule has 0 atom stereocenters. The maximum atomic E-state index is 3.94. The van der Waals surface area contributed by atoms with Crippen LogP contribution in [0.1, 0.15) is 11.1 Å². The van der Waals surface area contributed by atoms with Gasteiger partial charge in [-0.2, -0.15) is 0 Å². The second-order valence-corrected chi connectivity index (χ2v) is 8.13. The molecule has 2 rings (SSSR count). The molecule has 0 aliphatic rings. The zero-order valence-corrected chi connectivity index (χ0v) is 18.6. The third-order valence-corrected chi connectivity index (χ3v) is 9.14. The Labute approximate surface area is 166 Å². The highest BCUT2D eigenvalue weighted by Gasteiger charge is 2.20. The molecule has 0 aromatic heterocycles. The number of halogens is 5. The highest BCUT2D eigenvalue weighted by molar-refractivity contribution is 9.15. The van der Waals surface area contributed by atoms with Gasteiger partial charge >= 0.3 is 0 Å². The Morgan fingerprint density at radius 2 is 1.24 bits per heavy atom. The van der Waals surface area contributed by atoms with Crippen LogP contribution in [0.15, 0.2) is 53.7 Å². The third-order valence-electron chi connectivity index (χ3n) is 3.04. The van der Waals surface area contributed by atoms with Crippen LogP contribution in [0.4, 0.5) is 0 Å². The van der Waals surface area contributed by atoms with Gasteiger partial charge in [0.15, 0.2) is 0 Å². The van der Waals surface area contributed by atoms with E-state index in [1.807, 2.05) is 24.3 Å². The first kappa shape index (κ1) is 17.7. The molecule has 5 heteroatoms. The Balaban J connectivity index is 2.92. The van der Waals surface area contributed by atoms with Crippen molar-refractivity contribution in [1.82, 2.24) is 0 Å². The molecule has 0 unspecified atom stereocenters. The predicted octanol–water partition coefficient (Wildman–Crippen LogP) is 8.45. The molecule has 0 radical (unpaired) electrons. The topological polar surface area (TPSA) is 0 Å². The molecule has 21 heavy (non-hydrogen) atoms. The van der Waals surface area contributed by atoms with Crippen LogP contribution in [-0.2, 0) is 0 Å². The Kier molecular flexibility index (Phi) is 6.11. The van der Waals surface area contributed by atoms with Crippen molar-refractivity contribution >= 4 is 91.8 Å². The van der Waals surface area contributed by atoms with Gasteiger partial charge in [-0.1, -0.05) is 43.5 Å². The number of hydrogen-bond acceptors (Lipinski definition) is 0. The van der Waals surface area contributed by atoms with E-state index in [9.17, 15) is 0 Å². The first-order chi connectivity index (χ1) is 9.93. The van der Waals surface area contributed by atoms with Crippen molar-refractivity contribution in [2.45, 2.75) is 0 Å². The molecule has 0 nitrogen and oxygen atoms in total. The van der Waals surface area contributed by atoms with E-state index < -0.39 is 0 Å². The van der Waals surface area contributed by atoms with Gasteiger partial charge < -0.3 is 0 Å². The normalized spacial score (nSPS) is 10.5. The predicted molar refractivity (Wildman–Crippen MR) is 111 cm³/mol. The van der Waals surface area contributed by atoms with Crippen LogP contribution in [-0.4, -0.2) is 0 Å². The molecule has 0 saturated carbocycles. The molecule has 0 saturated heterocycles. The summed E-state index contributed by atoms with van der Waals surface area (Å²) in [4.78, 5) is 0. The van der Waals surface area contributed by atoms with Gasteiger partial charge in [0.05, 0.1) is 0 Å². The van der Waals surface area contributed by atoms with Crippen molar-refractivity contribution in [2.24, 2.45) is 0 Å². The lowest BCUT2D eigenvalue weighted by atomic mass is 9.95. The summed E-state index contributed by atoms with van der Waals surface area (Å²) in [6, 6.07) is 6.11. The van der Waals surface area contributed by atoms with E-state index in [2.05, 4.69) is 98.9 Å². The van der Waals surface area contributed by atoms with E-state index >= 15 is 0 Å². The molecule has 2 aromatic rings. The number of hydrogen-bond donors (Lipinski definition) is 0. The van der Waals surface area contributed by atoms with Crippen LogP contribution in [0.25, 0.3) is 23.3 Å². The molecule has 0 spiro atoms. The lowest BCUT2D eigenvalue weighted by Crippen LogP contribution is -1.92. The molecule has 0 bridgehead atoms. The van der Waals surface area contributed by atoms with E-state index in [-0.39, 0.29) is 0 Å². The molecule has 0 N–H and O–H groups in total. The second-order valence-electron chi connectivity index (χ2n) is 4.16. The van der Waals surface area contributed by atoms with Gasteiger partial charge in [-0.15, -0.1) is 0 Å². The maximum absolute atomic E-state index is 3.94. The highest BCUT2D eigenvalue weighted by atomic mass is 79.9. The van der Waals surface area contributed by atoms with E-state index in [4.69, 9.17) is 0 Å². The average molecular weight is 601 g/mol. The zero-order valence-electron chi connectivity index (χ0n) is 10.7. The summed E-state index contributed by atoms with van der Waals surface area (Å²) in [5, 5.41) is 0. The summed E-state index contributed by atoms with van der Waals surface area (Å²) >= 11 is 18.1. The molecule has 0 aliphatic carbocycles. The summed E-state index contributed by atoms with van der Waals surface area (Å²) in [7, 11) is 0. The van der Waals surface area contributed by atoms with Crippen molar-refractivity contribution in [3.05, 3.63) is 64.8 Å². The Morgan fingerprint density at radius 3 is 1.71 bits per heavy atom. The summed E-state index contributed by atoms with van der Waals surface area (Å²) in [6.45, 7) is 7.81. The Bertz CT molecular complexity index is 718. The first-order valence-electron chi connectivity index (χ1n) is 5.83. The van der Waals surface area contributed by atoms with Crippen molar-refractivity contribution in [2.75, 3.05) is 0 Å². The summed E-state index contributed by atoms with van der Waals surface area (Å²) in [5.74, 6) is 0. The van der Waals surface area contributed by atoms with Crippen LogP contribution in [0.5, 0.6) is 0 Å². The van der Waals surface area contributed by atoms with E-state index in [0.29, 0.717) is 0 Å². The molecule has 0 aliphatic heterocycles. The van der Waals surface area contributed by atoms with Crippen molar-refractivity contribution in [3.8, 4) is 11.1 Å². The molecular weight excluding hydrogens is 592 g/mol. The molecule has 0 amide bonds. The molecule has 0 heterocycles. The minimum Gasteiger partial charge on any atom is -0.0984 e. The minimum absolute atomic E-state index is 0.949. The summed E-state index contributed by atoms with van der Waals surface area (Å²) < 4.78 is 4.78. The van der Waals surface area contributed by atoms with Crippen LogP contribution < -0.4 is 0 Å². The van der Waals surface area contributed by atoms with Gasteiger partial charge in [0.25, 0.3) is 0 Å². The molecule has 0 fully saturated rings. The SMILES string of the molecule is C=Cc1cccc(-c2c(Br)c(Br)c(Br)c(Br)c2Br)c1C=C. The van der Waals surface area contributed by atoms with Crippen molar-refractivity contribution < 1.29 is 0 Å². The highest BCUT2D eigenvalue weighted by Crippen LogP contribution is 2.49. The fourth-order valence-corrected chi connectivity index (χ4v) is 5.52. The quantitative estimate of drug-likeness (QED) is 0.245. The standard InChI is InChI=1S/C16H9Br5/c1-3-8-6-5-7-10(9(8)4-2)11-12(17)14(19)16(21)15(20)13(11)18/h3-7H,1-2H2. The molecule has 108 valence electrons. The largest absolute Gasteiger partial charge is 0.0984 e. The van der Waals surface area contributed by atoms with Crippen LogP contribution in [0, 0.1) is 0 Å². The molecular formula is C16H9Br5. The summed E-state index contributed by atoms with van der Waals surface area (Å²) in [5.41, 5.74) is 4.23. The van der Waals surface area contributed by atoms with Crippen molar-refractivity contribution in [1.29, 1.82) is 0 Å². The lowest BCUT2D eigenvalue weighted by Gasteiger charge is -2.17. The second kappa shape index (κ2) is 7.26. The lowest BCUT2D eigenvalue weighted by molar-refractivity contribution is 1.43. The Hall–Kier alpha value is 0.320. The van der Waals surface area contributed by atoms with E-state index in [1.54, 1.807) is 0 Å². The Morgan fingerprint density at radius 1 is 0.714 bits per heavy atom. The third kappa shape index (κ3) is 3.18. The van der Waals surface area contributed by atoms with Gasteiger partial charge in [-0.3, -0.25) is 0 Å². The van der Waals surface area contributed by atoms with Crippen molar-refractivity contribution in [3.63, 3.8) is 0 Å². The van der Waals surface area contributed by atoms with Gasteiger partial charge in [0.2, 0.25) is 0 Å². The molecule has 2 aromatic carbocycles. The van der Waals surface area contributed by atoms with Gasteiger partial charge in [0, 0.05) is 27.9 Å². The van der Waals surface area contributed by atoms with Crippen LogP contribution >= 0.6 is 79.6 Å². The van der Waals surface area contributed by atoms with Gasteiger partial charge in [-0.25, -0.2) is 0 Å².